The molecule has 0 aromatic carbocycles. The second-order valence-electron chi connectivity index (χ2n) is 15.8. The van der Waals surface area contributed by atoms with Gasteiger partial charge in [-0.2, -0.15) is 8.42 Å². The van der Waals surface area contributed by atoms with Gasteiger partial charge in [-0.1, -0.05) is 52.8 Å². The molecule has 13 nitrogen and oxygen atoms in total. The van der Waals surface area contributed by atoms with Crippen molar-refractivity contribution < 1.29 is 62.0 Å². The molecule has 1 aliphatic heterocycles. The molecule has 0 amide bonds. The Hall–Kier alpha value is -1.01. The van der Waals surface area contributed by atoms with E-state index in [0.717, 1.165) is 0 Å². The molecule has 48 heavy (non-hydrogen) atoms. The standard InChI is InChI=1S/C34H56O13S/c1-17(19(3)15-35)7-8-18(2)25-27(39)28(47-48(41,42)43)30-33(25,5)12-10-24-32(4)11-9-20(13-21(32)22(36)14-34(24,30)40)46-31-29(44-6)26(38)23(37)16-45-31/h7-8,13,17-20,22-31,35-40H,9-12,14-16H2,1-6H3,(H,41,42,43)/b8-7+/t17-,18+,19+,20-,22+,23+,24+,25-,26-,27+,28-,29+,30+,31-,32-,33+,34-/m0/s1. The third-order valence-electron chi connectivity index (χ3n) is 13.0. The van der Waals surface area contributed by atoms with Crippen molar-refractivity contribution >= 4 is 10.4 Å². The third kappa shape index (κ3) is 6.58. The molecule has 5 aliphatic rings. The first-order valence-electron chi connectivity index (χ1n) is 17.2. The Labute approximate surface area is 283 Å². The second kappa shape index (κ2) is 13.8. The number of allylic oxidation sites excluding steroid dienone is 2. The maximum atomic E-state index is 12.8. The van der Waals surface area contributed by atoms with E-state index in [9.17, 15) is 43.6 Å². The summed E-state index contributed by atoms with van der Waals surface area (Å²) in [5.74, 6) is -2.15. The van der Waals surface area contributed by atoms with Crippen molar-refractivity contribution in [2.24, 2.45) is 46.3 Å². The van der Waals surface area contributed by atoms with Crippen molar-refractivity contribution in [3.05, 3.63) is 23.8 Å². The molecule has 1 heterocycles. The van der Waals surface area contributed by atoms with Gasteiger partial charge in [-0.05, 0) is 71.7 Å². The minimum atomic E-state index is -5.02. The van der Waals surface area contributed by atoms with E-state index < -0.39 is 93.6 Å². The zero-order valence-corrected chi connectivity index (χ0v) is 29.6. The minimum Gasteiger partial charge on any atom is -0.396 e. The molecule has 276 valence electrons. The van der Waals surface area contributed by atoms with E-state index in [1.54, 1.807) is 0 Å². The van der Waals surface area contributed by atoms with E-state index >= 15 is 0 Å². The van der Waals surface area contributed by atoms with Crippen LogP contribution in [0.2, 0.25) is 0 Å². The highest BCUT2D eigenvalue weighted by Crippen LogP contribution is 2.69. The smallest absolute Gasteiger partial charge is 0.396 e. The Morgan fingerprint density at radius 1 is 1.04 bits per heavy atom. The van der Waals surface area contributed by atoms with E-state index in [0.29, 0.717) is 31.3 Å². The molecule has 0 bridgehead atoms. The lowest BCUT2D eigenvalue weighted by atomic mass is 9.43. The normalized spacial score (nSPS) is 48.3. The molecule has 3 saturated carbocycles. The molecule has 1 saturated heterocycles. The number of ether oxygens (including phenoxy) is 3. The highest BCUT2D eigenvalue weighted by Gasteiger charge is 2.73. The van der Waals surface area contributed by atoms with E-state index in [1.807, 2.05) is 52.8 Å². The van der Waals surface area contributed by atoms with Crippen molar-refractivity contribution in [1.29, 1.82) is 0 Å². The molecule has 0 radical (unpaired) electrons. The fourth-order valence-electron chi connectivity index (χ4n) is 10.4. The van der Waals surface area contributed by atoms with Crippen LogP contribution in [0.3, 0.4) is 0 Å². The first-order chi connectivity index (χ1) is 22.3. The fraction of sp³-hybridized carbons (Fsp3) is 0.882. The molecular weight excluding hydrogens is 648 g/mol. The Balaban J connectivity index is 1.47. The van der Waals surface area contributed by atoms with Crippen molar-refractivity contribution in [3.8, 4) is 0 Å². The Bertz CT molecular complexity index is 1320. The topological polar surface area (TPSA) is 213 Å². The maximum absolute atomic E-state index is 12.8. The van der Waals surface area contributed by atoms with E-state index in [-0.39, 0.29) is 37.4 Å². The average molecular weight is 705 g/mol. The van der Waals surface area contributed by atoms with Gasteiger partial charge in [-0.25, -0.2) is 4.18 Å². The SMILES string of the molecule is CO[C@H]1[C@H](O[C@@H]2C=C3[C@H](O)C[C@@]4(O)[C@@H]5[C@@H](OS(=O)(=O)O)[C@H](O)[C@H]([C@H](C)/C=C/[C@H](C)[C@H](C)CO)[C@@]5(C)CC[C@@H]4[C@@]3(C)CC2)OC[C@@H](O)[C@@H]1O. The molecule has 4 aliphatic carbocycles. The quantitative estimate of drug-likeness (QED) is 0.127. The van der Waals surface area contributed by atoms with Crippen molar-refractivity contribution in [2.45, 2.75) is 121 Å². The molecule has 0 aromatic rings. The first-order valence-corrected chi connectivity index (χ1v) is 18.6. The van der Waals surface area contributed by atoms with Gasteiger partial charge in [0.2, 0.25) is 0 Å². The minimum absolute atomic E-state index is 0.0142. The average Bonchev–Trinajstić information content (AvgIpc) is 3.22. The number of methoxy groups -OCH3 is 1. The molecule has 17 atom stereocenters. The van der Waals surface area contributed by atoms with Crippen molar-refractivity contribution in [3.63, 3.8) is 0 Å². The Morgan fingerprint density at radius 3 is 2.35 bits per heavy atom. The van der Waals surface area contributed by atoms with E-state index in [4.69, 9.17) is 18.4 Å². The Morgan fingerprint density at radius 2 is 1.73 bits per heavy atom. The molecule has 0 spiro atoms. The molecular formula is C34H56O13S. The van der Waals surface area contributed by atoms with E-state index in [1.165, 1.54) is 7.11 Å². The summed E-state index contributed by atoms with van der Waals surface area (Å²) in [6.45, 7) is 9.66. The van der Waals surface area contributed by atoms with Crippen LogP contribution in [0.5, 0.6) is 0 Å². The van der Waals surface area contributed by atoms with E-state index in [2.05, 4.69) is 0 Å². The van der Waals surface area contributed by atoms with Crippen molar-refractivity contribution in [2.75, 3.05) is 20.3 Å². The largest absolute Gasteiger partial charge is 0.397 e. The van der Waals surface area contributed by atoms with Gasteiger partial charge in [0.15, 0.2) is 6.29 Å². The number of hydrogen-bond donors (Lipinski definition) is 7. The van der Waals surface area contributed by atoms with Crippen LogP contribution in [0.25, 0.3) is 0 Å². The van der Waals surface area contributed by atoms with Crippen LogP contribution >= 0.6 is 0 Å². The van der Waals surface area contributed by atoms with Crippen LogP contribution in [0, 0.1) is 46.3 Å². The molecule has 4 fully saturated rings. The molecule has 0 unspecified atom stereocenters. The second-order valence-corrected chi connectivity index (χ2v) is 16.8. The van der Waals surface area contributed by atoms with Crippen LogP contribution in [-0.4, -0.2) is 119 Å². The lowest BCUT2D eigenvalue weighted by molar-refractivity contribution is -0.285. The number of aliphatic hydroxyl groups is 6. The van der Waals surface area contributed by atoms with Gasteiger partial charge in [0.1, 0.15) is 24.4 Å². The molecule has 7 N–H and O–H groups in total. The summed E-state index contributed by atoms with van der Waals surface area (Å²) in [6, 6.07) is 0. The lowest BCUT2D eigenvalue weighted by Gasteiger charge is -2.64. The van der Waals surface area contributed by atoms with Gasteiger partial charge in [-0.3, -0.25) is 4.55 Å². The summed E-state index contributed by atoms with van der Waals surface area (Å²) in [5, 5.41) is 66.4. The van der Waals surface area contributed by atoms with Gasteiger partial charge in [-0.15, -0.1) is 0 Å². The molecule has 5 rings (SSSR count). The van der Waals surface area contributed by atoms with Crippen LogP contribution in [0.4, 0.5) is 0 Å². The predicted octanol–water partition coefficient (Wildman–Crippen LogP) is 1.35. The van der Waals surface area contributed by atoms with Crippen LogP contribution in [0.1, 0.15) is 66.7 Å². The highest BCUT2D eigenvalue weighted by atomic mass is 32.3. The van der Waals surface area contributed by atoms with Gasteiger partial charge in [0.25, 0.3) is 0 Å². The summed E-state index contributed by atoms with van der Waals surface area (Å²) in [4.78, 5) is 0. The molecule has 14 heteroatoms. The van der Waals surface area contributed by atoms with Crippen LogP contribution in [-0.2, 0) is 28.8 Å². The predicted molar refractivity (Wildman–Crippen MR) is 172 cm³/mol. The summed E-state index contributed by atoms with van der Waals surface area (Å²) in [7, 11) is -3.63. The number of rotatable bonds is 10. The number of fused-ring (bicyclic) bond motifs is 5. The van der Waals surface area contributed by atoms with Gasteiger partial charge in [0, 0.05) is 26.1 Å². The van der Waals surface area contributed by atoms with Crippen molar-refractivity contribution in [1.82, 2.24) is 0 Å². The summed E-state index contributed by atoms with van der Waals surface area (Å²) >= 11 is 0. The van der Waals surface area contributed by atoms with Gasteiger partial charge >= 0.3 is 10.4 Å². The van der Waals surface area contributed by atoms with Crippen LogP contribution < -0.4 is 0 Å². The zero-order chi connectivity index (χ0) is 35.6. The third-order valence-corrected chi connectivity index (χ3v) is 13.4. The van der Waals surface area contributed by atoms with Gasteiger partial charge in [0.05, 0.1) is 30.5 Å². The number of aliphatic hydroxyl groups excluding tert-OH is 5. The highest BCUT2D eigenvalue weighted by molar-refractivity contribution is 7.80. The molecule has 0 aromatic heterocycles. The Kier molecular flexibility index (Phi) is 11.0. The van der Waals surface area contributed by atoms with Gasteiger partial charge < -0.3 is 44.8 Å². The maximum Gasteiger partial charge on any atom is 0.397 e. The lowest BCUT2D eigenvalue weighted by Crippen LogP contribution is -2.66. The zero-order valence-electron chi connectivity index (χ0n) is 28.8. The first kappa shape index (κ1) is 38.2. The monoisotopic (exact) mass is 704 g/mol. The summed E-state index contributed by atoms with van der Waals surface area (Å²) in [5.41, 5.74) is -2.52. The fourth-order valence-corrected chi connectivity index (χ4v) is 10.9. The summed E-state index contributed by atoms with van der Waals surface area (Å²) < 4.78 is 56.7. The van der Waals surface area contributed by atoms with Crippen LogP contribution in [0.15, 0.2) is 23.8 Å². The number of hydrogen-bond acceptors (Lipinski definition) is 12. The summed E-state index contributed by atoms with van der Waals surface area (Å²) in [6.07, 6.45) is -0.934.